The number of rotatable bonds is 5. The Morgan fingerprint density at radius 2 is 1.72 bits per heavy atom. The highest BCUT2D eigenvalue weighted by Gasteiger charge is 2.59. The number of hydrogen-bond donors (Lipinski definition) is 1. The van der Waals surface area contributed by atoms with Gasteiger partial charge < -0.3 is 5.32 Å². The maximum Gasteiger partial charge on any atom is 0.244 e. The zero-order valence-electron chi connectivity index (χ0n) is 16.5. The predicted octanol–water partition coefficient (Wildman–Crippen LogP) is 0.991. The average molecular weight is 417 g/mol. The van der Waals surface area contributed by atoms with Crippen LogP contribution in [0.3, 0.4) is 0 Å². The fraction of sp³-hybridized carbons (Fsp3) is 0.450. The summed E-state index contributed by atoms with van der Waals surface area (Å²) in [4.78, 5) is 39.0. The summed E-state index contributed by atoms with van der Waals surface area (Å²) in [6.07, 6.45) is 4.83. The maximum atomic E-state index is 12.7. The molecule has 4 atom stereocenters. The van der Waals surface area contributed by atoms with Crippen LogP contribution < -0.4 is 5.32 Å². The number of sulfonamides is 1. The minimum absolute atomic E-state index is 0.0883. The van der Waals surface area contributed by atoms with Gasteiger partial charge in [0.15, 0.2) is 0 Å². The lowest BCUT2D eigenvalue weighted by Gasteiger charge is -2.18. The first-order valence-corrected chi connectivity index (χ1v) is 10.9. The number of hydrogen-bond acceptors (Lipinski definition) is 5. The van der Waals surface area contributed by atoms with Gasteiger partial charge >= 0.3 is 0 Å². The topological polar surface area (TPSA) is 104 Å². The normalized spacial score (nSPS) is 27.8. The second-order valence-electron chi connectivity index (χ2n) is 8.08. The quantitative estimate of drug-likeness (QED) is 0.568. The van der Waals surface area contributed by atoms with Crippen LogP contribution in [0.1, 0.15) is 12.0 Å². The number of imide groups is 1. The molecule has 154 valence electrons. The molecule has 9 heteroatoms. The predicted molar refractivity (Wildman–Crippen MR) is 105 cm³/mol. The fourth-order valence-electron chi connectivity index (χ4n) is 4.62. The molecule has 0 aromatic heterocycles. The van der Waals surface area contributed by atoms with Gasteiger partial charge in [-0.1, -0.05) is 18.2 Å². The summed E-state index contributed by atoms with van der Waals surface area (Å²) in [6, 6.07) is 4.58. The number of benzene rings is 1. The van der Waals surface area contributed by atoms with Crippen LogP contribution in [0, 0.1) is 30.6 Å². The molecular weight excluding hydrogens is 394 g/mol. The molecule has 3 aliphatic rings. The molecule has 29 heavy (non-hydrogen) atoms. The number of anilines is 1. The van der Waals surface area contributed by atoms with Crippen molar-refractivity contribution in [2.45, 2.75) is 18.2 Å². The van der Waals surface area contributed by atoms with E-state index in [1.807, 2.05) is 12.2 Å². The first-order valence-electron chi connectivity index (χ1n) is 9.48. The van der Waals surface area contributed by atoms with Crippen LogP contribution in [0.5, 0.6) is 0 Å². The summed E-state index contributed by atoms with van der Waals surface area (Å²) in [5, 5.41) is 2.61. The van der Waals surface area contributed by atoms with Crippen LogP contribution in [0.2, 0.25) is 0 Å². The van der Waals surface area contributed by atoms with Crippen LogP contribution in [0.25, 0.3) is 0 Å². The highest BCUT2D eigenvalue weighted by Crippen LogP contribution is 2.52. The van der Waals surface area contributed by atoms with Crippen LogP contribution >= 0.6 is 0 Å². The van der Waals surface area contributed by atoms with Gasteiger partial charge in [-0.25, -0.2) is 12.7 Å². The van der Waals surface area contributed by atoms with Crippen molar-refractivity contribution in [1.82, 2.24) is 9.21 Å². The van der Waals surface area contributed by atoms with Crippen LogP contribution in [-0.4, -0.2) is 56.0 Å². The zero-order valence-corrected chi connectivity index (χ0v) is 17.3. The van der Waals surface area contributed by atoms with E-state index in [0.717, 1.165) is 15.6 Å². The Labute approximate surface area is 169 Å². The third-order valence-electron chi connectivity index (χ3n) is 6.09. The smallest absolute Gasteiger partial charge is 0.244 e. The Morgan fingerprint density at radius 1 is 1.14 bits per heavy atom. The molecule has 2 bridgehead atoms. The number of allylic oxidation sites excluding steroid dienone is 2. The summed E-state index contributed by atoms with van der Waals surface area (Å²) in [7, 11) is -0.797. The van der Waals surface area contributed by atoms with Gasteiger partial charge in [-0.15, -0.1) is 0 Å². The zero-order chi connectivity index (χ0) is 21.1. The number of nitrogens with one attached hydrogen (secondary N) is 1. The molecule has 1 aromatic carbocycles. The molecule has 2 aliphatic carbocycles. The van der Waals surface area contributed by atoms with Crippen molar-refractivity contribution in [3.05, 3.63) is 35.9 Å². The van der Waals surface area contributed by atoms with Crippen LogP contribution in [0.15, 0.2) is 35.2 Å². The van der Waals surface area contributed by atoms with Crippen molar-refractivity contribution < 1.29 is 22.8 Å². The molecule has 1 saturated carbocycles. The first kappa shape index (κ1) is 19.8. The molecule has 0 radical (unpaired) electrons. The third-order valence-corrected chi connectivity index (χ3v) is 8.05. The van der Waals surface area contributed by atoms with Crippen molar-refractivity contribution in [2.24, 2.45) is 23.7 Å². The van der Waals surface area contributed by atoms with Crippen molar-refractivity contribution in [1.29, 1.82) is 0 Å². The van der Waals surface area contributed by atoms with E-state index < -0.39 is 15.9 Å². The molecular formula is C20H23N3O5S. The minimum Gasteiger partial charge on any atom is -0.324 e. The minimum atomic E-state index is -3.67. The van der Waals surface area contributed by atoms with E-state index >= 15 is 0 Å². The largest absolute Gasteiger partial charge is 0.324 e. The number of fused-ring (bicyclic) bond motifs is 5. The van der Waals surface area contributed by atoms with Crippen molar-refractivity contribution in [2.75, 3.05) is 26.0 Å². The van der Waals surface area contributed by atoms with Gasteiger partial charge in [0.25, 0.3) is 0 Å². The Balaban J connectivity index is 1.49. The van der Waals surface area contributed by atoms with Crippen LogP contribution in [-0.2, 0) is 24.4 Å². The Kier molecular flexibility index (Phi) is 4.62. The van der Waals surface area contributed by atoms with E-state index in [4.69, 9.17) is 0 Å². The summed E-state index contributed by atoms with van der Waals surface area (Å²) in [5.74, 6) is -1.62. The molecule has 8 nitrogen and oxygen atoms in total. The summed E-state index contributed by atoms with van der Waals surface area (Å²) in [5.41, 5.74) is 0.847. The number of carbonyl (C=O) groups excluding carboxylic acids is 3. The van der Waals surface area contributed by atoms with Gasteiger partial charge in [-0.2, -0.15) is 0 Å². The standard InChI is InChI=1S/C20H23N3O5S/c1-11-4-7-14(9-15(11)29(27,28)22(2)3)21-16(24)10-23-19(25)17-12-5-6-13(8-12)18(17)20(23)26/h4-7,9,12-13,17-18H,8,10H2,1-3H3,(H,21,24)/t12-,13-,17-,18+/m0/s1. The molecule has 1 N–H and O–H groups in total. The second kappa shape index (κ2) is 6.77. The van der Waals surface area contributed by atoms with E-state index in [1.54, 1.807) is 19.1 Å². The molecule has 0 spiro atoms. The average Bonchev–Trinajstić information content (AvgIpc) is 3.33. The number of likely N-dealkylation sites (tertiary alicyclic amines) is 1. The molecule has 3 amide bonds. The lowest BCUT2D eigenvalue weighted by molar-refractivity contribution is -0.143. The molecule has 1 aromatic rings. The molecule has 4 rings (SSSR count). The van der Waals surface area contributed by atoms with E-state index in [9.17, 15) is 22.8 Å². The lowest BCUT2D eigenvalue weighted by atomic mass is 9.85. The Hall–Kier alpha value is -2.52. The van der Waals surface area contributed by atoms with E-state index in [0.29, 0.717) is 11.3 Å². The Bertz CT molecular complexity index is 1020. The van der Waals surface area contributed by atoms with Gasteiger partial charge in [0.05, 0.1) is 16.7 Å². The van der Waals surface area contributed by atoms with E-state index in [1.165, 1.54) is 20.2 Å². The lowest BCUT2D eigenvalue weighted by Crippen LogP contribution is -2.39. The van der Waals surface area contributed by atoms with Gasteiger partial charge in [-0.3, -0.25) is 19.3 Å². The monoisotopic (exact) mass is 417 g/mol. The van der Waals surface area contributed by atoms with Crippen molar-refractivity contribution >= 4 is 33.4 Å². The van der Waals surface area contributed by atoms with Crippen molar-refractivity contribution in [3.8, 4) is 0 Å². The first-order chi connectivity index (χ1) is 13.6. The molecule has 1 aliphatic heterocycles. The molecule has 0 unspecified atom stereocenters. The number of carbonyl (C=O) groups is 3. The van der Waals surface area contributed by atoms with E-state index in [2.05, 4.69) is 5.32 Å². The number of aryl methyl sites for hydroxylation is 1. The van der Waals surface area contributed by atoms with Gasteiger partial charge in [0, 0.05) is 19.8 Å². The summed E-state index contributed by atoms with van der Waals surface area (Å²) in [6.45, 7) is 1.30. The van der Waals surface area contributed by atoms with E-state index in [-0.39, 0.29) is 46.9 Å². The van der Waals surface area contributed by atoms with Crippen LogP contribution in [0.4, 0.5) is 5.69 Å². The molecule has 1 heterocycles. The highest BCUT2D eigenvalue weighted by molar-refractivity contribution is 7.89. The Morgan fingerprint density at radius 3 is 2.28 bits per heavy atom. The molecule has 2 fully saturated rings. The molecule has 1 saturated heterocycles. The highest BCUT2D eigenvalue weighted by atomic mass is 32.2. The fourth-order valence-corrected chi connectivity index (χ4v) is 5.76. The SMILES string of the molecule is Cc1ccc(NC(=O)CN2C(=O)[C@@H]3[C@H](C2=O)[C@H]2C=C[C@H]3C2)cc1S(=O)(=O)N(C)C. The number of amides is 3. The second-order valence-corrected chi connectivity index (χ2v) is 10.2. The van der Waals surface area contributed by atoms with Gasteiger partial charge in [-0.05, 0) is 42.9 Å². The summed E-state index contributed by atoms with van der Waals surface area (Å²) >= 11 is 0. The van der Waals surface area contributed by atoms with Gasteiger partial charge in [0.1, 0.15) is 6.54 Å². The van der Waals surface area contributed by atoms with Crippen molar-refractivity contribution in [3.63, 3.8) is 0 Å². The third kappa shape index (κ3) is 3.08. The summed E-state index contributed by atoms with van der Waals surface area (Å²) < 4.78 is 26.0. The van der Waals surface area contributed by atoms with Gasteiger partial charge in [0.2, 0.25) is 27.7 Å². The maximum absolute atomic E-state index is 12.7. The number of nitrogens with zero attached hydrogens (tertiary/aromatic N) is 2.